The highest BCUT2D eigenvalue weighted by Gasteiger charge is 2.60. The Kier molecular flexibility index (Phi) is 23.6. The number of carbonyl (C=O) groups excluding carboxylic acids is 4. The first-order chi connectivity index (χ1) is 36.4. The zero-order valence-electron chi connectivity index (χ0n) is 48.3. The van der Waals surface area contributed by atoms with E-state index in [1.165, 1.54) is 6.08 Å². The predicted molar refractivity (Wildman–Crippen MR) is 304 cm³/mol. The van der Waals surface area contributed by atoms with Crippen molar-refractivity contribution in [3.63, 3.8) is 0 Å². The molecule has 0 amide bonds. The van der Waals surface area contributed by atoms with Crippen LogP contribution in [0.5, 0.6) is 0 Å². The molecule has 0 unspecified atom stereocenters. The smallest absolute Gasteiger partial charge is 0.333 e. The molecule has 2 aromatic carbocycles. The molecular weight excluding hydrogens is 1010 g/mol. The fourth-order valence-electron chi connectivity index (χ4n) is 9.57. The Morgan fingerprint density at radius 3 is 2.08 bits per heavy atom. The molecule has 3 heterocycles. The maximum Gasteiger partial charge on any atom is 0.333 e. The zero-order chi connectivity index (χ0) is 56.7. The van der Waals surface area contributed by atoms with Gasteiger partial charge < -0.3 is 47.1 Å². The molecule has 426 valence electrons. The Labute approximate surface area is 461 Å². The Morgan fingerprint density at radius 2 is 1.45 bits per heavy atom. The average molecular weight is 1100 g/mol. The van der Waals surface area contributed by atoms with Crippen LogP contribution in [0, 0.1) is 0 Å². The summed E-state index contributed by atoms with van der Waals surface area (Å²) in [4.78, 5) is 55.9. The molecule has 0 saturated carbocycles. The van der Waals surface area contributed by atoms with E-state index in [0.717, 1.165) is 41.6 Å². The highest BCUT2D eigenvalue weighted by Crippen LogP contribution is 2.44. The zero-order valence-corrected chi connectivity index (χ0v) is 50.3. The Morgan fingerprint density at radius 1 is 0.792 bits per heavy atom. The molecule has 2 aromatic rings. The topological polar surface area (TPSA) is 161 Å². The van der Waals surface area contributed by atoms with Gasteiger partial charge in [-0.15, -0.1) is 13.2 Å². The van der Waals surface area contributed by atoms with Crippen molar-refractivity contribution in [2.45, 2.75) is 231 Å². The molecule has 0 aromatic heterocycles. The van der Waals surface area contributed by atoms with Crippen LogP contribution in [-0.4, -0.2) is 120 Å². The van der Waals surface area contributed by atoms with Crippen LogP contribution in [0.15, 0.2) is 104 Å². The number of hydrogen-bond acceptors (Lipinski definition) is 14. The summed E-state index contributed by atoms with van der Waals surface area (Å²) < 4.78 is 67.6. The van der Waals surface area contributed by atoms with Crippen molar-refractivity contribution >= 4 is 50.5 Å². The fourth-order valence-corrected chi connectivity index (χ4v) is 13.6. The SMILES string of the molecule is C=CCCCC(=O)CCC(=O)OC[C@H]1O[C@@H](O[C@H]2[C@H](O[C@H](CC=C)CCCCC)O[C@H](C)[C@@H]3OC(C)(C)O[C@@H]32)[C@H](O[Si](C)(C)C(C)(C)C)[C@@H](OC(=O)/C(C)=C/C)[C@@H]1OC(=O)/C=C(/c1ccccc1)[Si](C)(C)c1ccccc1. The fraction of sp³-hybridized carbons (Fsp3) is 0.607. The van der Waals surface area contributed by atoms with Gasteiger partial charge in [-0.2, -0.15) is 0 Å². The molecular formula is C61H90O14Si2. The maximum absolute atomic E-state index is 15.1. The Balaban J connectivity index is 1.69. The summed E-state index contributed by atoms with van der Waals surface area (Å²) in [5, 5.41) is 1.47. The van der Waals surface area contributed by atoms with E-state index in [1.807, 2.05) is 75.4 Å². The summed E-state index contributed by atoms with van der Waals surface area (Å²) >= 11 is 0. The molecule has 16 heteroatoms. The van der Waals surface area contributed by atoms with Gasteiger partial charge in [0.1, 0.15) is 51.0 Å². The van der Waals surface area contributed by atoms with Crippen molar-refractivity contribution in [2.75, 3.05) is 6.61 Å². The first-order valence-corrected chi connectivity index (χ1v) is 33.7. The van der Waals surface area contributed by atoms with Crippen molar-refractivity contribution < 1.29 is 66.2 Å². The summed E-state index contributed by atoms with van der Waals surface area (Å²) in [5.74, 6) is -3.24. The molecule has 5 rings (SSSR count). The van der Waals surface area contributed by atoms with Gasteiger partial charge in [-0.05, 0) is 89.2 Å². The van der Waals surface area contributed by atoms with Gasteiger partial charge in [-0.1, -0.05) is 144 Å². The van der Waals surface area contributed by atoms with Crippen LogP contribution in [-0.2, 0) is 66.2 Å². The van der Waals surface area contributed by atoms with Crippen LogP contribution in [0.2, 0.25) is 31.2 Å². The molecule has 77 heavy (non-hydrogen) atoms. The van der Waals surface area contributed by atoms with Gasteiger partial charge in [0, 0.05) is 24.5 Å². The summed E-state index contributed by atoms with van der Waals surface area (Å²) in [7, 11) is -5.56. The molecule has 3 saturated heterocycles. The van der Waals surface area contributed by atoms with Crippen LogP contribution < -0.4 is 5.19 Å². The van der Waals surface area contributed by atoms with Gasteiger partial charge in [0.25, 0.3) is 0 Å². The van der Waals surface area contributed by atoms with Crippen molar-refractivity contribution in [3.05, 3.63) is 109 Å². The summed E-state index contributed by atoms with van der Waals surface area (Å²) in [6.45, 7) is 33.0. The lowest BCUT2D eigenvalue weighted by Crippen LogP contribution is -2.67. The van der Waals surface area contributed by atoms with Crippen molar-refractivity contribution in [1.29, 1.82) is 0 Å². The van der Waals surface area contributed by atoms with E-state index in [1.54, 1.807) is 26.0 Å². The summed E-state index contributed by atoms with van der Waals surface area (Å²) in [5.41, 5.74) is 1.13. The minimum Gasteiger partial charge on any atom is -0.463 e. The first-order valence-electron chi connectivity index (χ1n) is 27.8. The molecule has 0 aliphatic carbocycles. The number of rotatable bonds is 28. The van der Waals surface area contributed by atoms with E-state index in [9.17, 15) is 14.4 Å². The third-order valence-corrected chi connectivity index (χ3v) is 23.2. The largest absolute Gasteiger partial charge is 0.463 e. The second kappa shape index (κ2) is 28.7. The monoisotopic (exact) mass is 1100 g/mol. The highest BCUT2D eigenvalue weighted by atomic mass is 28.4. The number of Topliss-reactive ketones (excluding diaryl/α,β-unsaturated/α-hetero) is 1. The van der Waals surface area contributed by atoms with Gasteiger partial charge in [-0.25, -0.2) is 9.59 Å². The standard InChI is InChI=1S/C61H90O14Si2/c1-16-20-24-33-44(62)37-38-49(63)66-40-47-52(70-50(64)39-48(43-31-26-22-27-32-43)76(12,13)46-35-28-23-29-36-46)53(71-57(65)41(5)19-4)56(75-77(14,15)60(7,8)9)59(69-47)72-55-54-51(73-61(10,11)74-54)42(6)67-58(55)68-45(30-18-3)34-25-21-17-2/h16,18-19,22-23,26-29,31-32,35-36,39,42,45,47,51-56,58-59H,1,3,17,20-21,24-25,30,33-34,37-38,40H2,2,4-15H3/b41-19+,48-39-/t42-,45-,47-,51+,52-,53+,54+,55-,56-,58+,59+/m1/s1. The van der Waals surface area contributed by atoms with Crippen molar-refractivity contribution in [1.82, 2.24) is 0 Å². The molecule has 11 atom stereocenters. The second-order valence-corrected chi connectivity index (χ2v) is 32.2. The molecule has 0 spiro atoms. The van der Waals surface area contributed by atoms with E-state index in [0.29, 0.717) is 25.7 Å². The number of benzene rings is 2. The Bertz CT molecular complexity index is 2320. The molecule has 0 N–H and O–H groups in total. The van der Waals surface area contributed by atoms with Gasteiger partial charge in [0.15, 0.2) is 38.9 Å². The van der Waals surface area contributed by atoms with Gasteiger partial charge in [0.2, 0.25) is 0 Å². The molecule has 3 aliphatic heterocycles. The third-order valence-electron chi connectivity index (χ3n) is 15.2. The lowest BCUT2D eigenvalue weighted by atomic mass is 9.96. The average Bonchev–Trinajstić information content (AvgIpc) is 3.72. The number of allylic oxidation sites excluding steroid dienone is 2. The van der Waals surface area contributed by atoms with E-state index in [-0.39, 0.29) is 30.3 Å². The van der Waals surface area contributed by atoms with Gasteiger partial charge >= 0.3 is 17.9 Å². The number of ether oxygens (including phenoxy) is 9. The minimum absolute atomic E-state index is 0.0289. The molecule has 3 fully saturated rings. The van der Waals surface area contributed by atoms with Crippen LogP contribution in [0.3, 0.4) is 0 Å². The van der Waals surface area contributed by atoms with E-state index >= 15 is 4.79 Å². The minimum atomic E-state index is -2.92. The third kappa shape index (κ3) is 17.6. The number of esters is 3. The van der Waals surface area contributed by atoms with E-state index < -0.39 is 113 Å². The molecule has 0 bridgehead atoms. The predicted octanol–water partition coefficient (Wildman–Crippen LogP) is 11.6. The summed E-state index contributed by atoms with van der Waals surface area (Å²) in [6.07, 6.45) is 1.31. The van der Waals surface area contributed by atoms with E-state index in [4.69, 9.17) is 47.1 Å². The lowest BCUT2D eigenvalue weighted by Gasteiger charge is -2.50. The maximum atomic E-state index is 15.1. The number of unbranched alkanes of at least 4 members (excludes halogenated alkanes) is 3. The summed E-state index contributed by atoms with van der Waals surface area (Å²) in [6, 6.07) is 19.7. The number of ketones is 1. The van der Waals surface area contributed by atoms with Crippen LogP contribution >= 0.6 is 0 Å². The molecule has 0 radical (unpaired) electrons. The number of hydrogen-bond donors (Lipinski definition) is 0. The van der Waals surface area contributed by atoms with Crippen molar-refractivity contribution in [2.24, 2.45) is 0 Å². The van der Waals surface area contributed by atoms with E-state index in [2.05, 4.69) is 79.2 Å². The van der Waals surface area contributed by atoms with Gasteiger partial charge in [0.05, 0.1) is 18.6 Å². The normalized spacial score (nSPS) is 26.2. The molecule has 14 nitrogen and oxygen atoms in total. The van der Waals surface area contributed by atoms with Crippen LogP contribution in [0.25, 0.3) is 5.20 Å². The van der Waals surface area contributed by atoms with Crippen LogP contribution in [0.4, 0.5) is 0 Å². The highest BCUT2D eigenvalue weighted by molar-refractivity contribution is 7.04. The lowest BCUT2D eigenvalue weighted by molar-refractivity contribution is -0.360. The van der Waals surface area contributed by atoms with Crippen LogP contribution in [0.1, 0.15) is 132 Å². The van der Waals surface area contributed by atoms with Gasteiger partial charge in [-0.3, -0.25) is 9.59 Å². The quantitative estimate of drug-likeness (QED) is 0.0198. The first kappa shape index (κ1) is 63.5. The Hall–Kier alpha value is -4.37. The van der Waals surface area contributed by atoms with Crippen molar-refractivity contribution in [3.8, 4) is 0 Å². The number of fused-ring (bicyclic) bond motifs is 1. The second-order valence-electron chi connectivity index (χ2n) is 23.1. The number of carbonyl (C=O) groups is 4. The molecule has 3 aliphatic rings.